The highest BCUT2D eigenvalue weighted by molar-refractivity contribution is 7.98. The van der Waals surface area contributed by atoms with Crippen molar-refractivity contribution in [2.75, 3.05) is 6.26 Å². The molecule has 7 heteroatoms. The summed E-state index contributed by atoms with van der Waals surface area (Å²) in [5.41, 5.74) is 0.758. The van der Waals surface area contributed by atoms with E-state index < -0.39 is 5.56 Å². The van der Waals surface area contributed by atoms with Crippen molar-refractivity contribution in [1.29, 1.82) is 5.26 Å². The van der Waals surface area contributed by atoms with Crippen molar-refractivity contribution in [2.24, 2.45) is 0 Å². The molecule has 0 radical (unpaired) electrons. The highest BCUT2D eigenvalue weighted by Gasteiger charge is 2.14. The lowest BCUT2D eigenvalue weighted by Gasteiger charge is -2.10. The molecule has 0 fully saturated rings. The van der Waals surface area contributed by atoms with Gasteiger partial charge in [0.1, 0.15) is 29.8 Å². The molecule has 0 aliphatic carbocycles. The van der Waals surface area contributed by atoms with E-state index in [1.54, 1.807) is 48.7 Å². The maximum Gasteiger partial charge on any atom is 0.270 e. The number of nitriles is 1. The Bertz CT molecular complexity index is 1040. The molecule has 130 valence electrons. The second-order valence-corrected chi connectivity index (χ2v) is 6.11. The molecule has 3 rings (SSSR count). The number of halogens is 1. The molecule has 0 unspecified atom stereocenters. The van der Waals surface area contributed by atoms with Gasteiger partial charge in [0.2, 0.25) is 0 Å². The molecule has 0 saturated carbocycles. The van der Waals surface area contributed by atoms with Gasteiger partial charge in [-0.15, -0.1) is 0 Å². The summed E-state index contributed by atoms with van der Waals surface area (Å²) >= 11 is 1.28. The molecular formula is C19H14FN3O2S. The zero-order valence-corrected chi connectivity index (χ0v) is 14.6. The van der Waals surface area contributed by atoms with E-state index in [2.05, 4.69) is 9.97 Å². The Hall–Kier alpha value is -3.11. The van der Waals surface area contributed by atoms with Crippen LogP contribution in [0.15, 0.2) is 58.5 Å². The number of aromatic amines is 1. The van der Waals surface area contributed by atoms with Crippen LogP contribution in [0, 0.1) is 17.1 Å². The summed E-state index contributed by atoms with van der Waals surface area (Å²) < 4.78 is 19.4. The van der Waals surface area contributed by atoms with Crippen LogP contribution in [0.5, 0.6) is 5.75 Å². The van der Waals surface area contributed by atoms with Gasteiger partial charge in [0.15, 0.2) is 5.16 Å². The molecule has 5 nitrogen and oxygen atoms in total. The molecule has 0 amide bonds. The lowest BCUT2D eigenvalue weighted by Crippen LogP contribution is -2.14. The average molecular weight is 367 g/mol. The topological polar surface area (TPSA) is 78.8 Å². The first-order chi connectivity index (χ1) is 12.6. The third-order valence-corrected chi connectivity index (χ3v) is 4.24. The number of ether oxygens (including phenoxy) is 1. The first kappa shape index (κ1) is 17.7. The number of H-pyrrole nitrogens is 1. The van der Waals surface area contributed by atoms with Gasteiger partial charge >= 0.3 is 0 Å². The van der Waals surface area contributed by atoms with Crippen LogP contribution >= 0.6 is 11.8 Å². The molecule has 0 atom stereocenters. The zero-order chi connectivity index (χ0) is 18.5. The van der Waals surface area contributed by atoms with Crippen LogP contribution < -0.4 is 10.3 Å². The molecular weight excluding hydrogens is 353 g/mol. The monoisotopic (exact) mass is 367 g/mol. The minimum absolute atomic E-state index is 0.0611. The minimum Gasteiger partial charge on any atom is -0.489 e. The van der Waals surface area contributed by atoms with Gasteiger partial charge in [-0.05, 0) is 24.5 Å². The first-order valence-corrected chi connectivity index (χ1v) is 8.90. The van der Waals surface area contributed by atoms with E-state index in [0.717, 1.165) is 0 Å². The molecule has 1 heterocycles. The maximum absolute atomic E-state index is 13.7. The number of aromatic nitrogens is 2. The molecule has 26 heavy (non-hydrogen) atoms. The lowest BCUT2D eigenvalue weighted by atomic mass is 10.1. The van der Waals surface area contributed by atoms with Crippen molar-refractivity contribution in [3.8, 4) is 23.1 Å². The average Bonchev–Trinajstić information content (AvgIpc) is 2.67. The van der Waals surface area contributed by atoms with Gasteiger partial charge in [-0.3, -0.25) is 4.79 Å². The SMILES string of the molecule is CSc1nc(-c2cccc(OCc3ccccc3F)c2)c(C#N)c(=O)[nH]1. The number of rotatable bonds is 5. The van der Waals surface area contributed by atoms with Gasteiger partial charge in [0.05, 0.1) is 5.69 Å². The predicted octanol–water partition coefficient (Wildman–Crippen LogP) is 3.75. The van der Waals surface area contributed by atoms with Crippen molar-refractivity contribution in [3.63, 3.8) is 0 Å². The van der Waals surface area contributed by atoms with Crippen molar-refractivity contribution in [2.45, 2.75) is 11.8 Å². The molecule has 0 bridgehead atoms. The number of benzene rings is 2. The normalized spacial score (nSPS) is 10.3. The molecule has 0 aliphatic heterocycles. The van der Waals surface area contributed by atoms with Crippen LogP contribution in [0.2, 0.25) is 0 Å². The second-order valence-electron chi connectivity index (χ2n) is 5.32. The van der Waals surface area contributed by atoms with E-state index in [4.69, 9.17) is 4.74 Å². The van der Waals surface area contributed by atoms with E-state index in [-0.39, 0.29) is 23.7 Å². The molecule has 1 N–H and O–H groups in total. The highest BCUT2D eigenvalue weighted by atomic mass is 32.2. The van der Waals surface area contributed by atoms with E-state index in [1.165, 1.54) is 17.8 Å². The predicted molar refractivity (Wildman–Crippen MR) is 97.5 cm³/mol. The second kappa shape index (κ2) is 7.85. The molecule has 0 saturated heterocycles. The fraction of sp³-hybridized carbons (Fsp3) is 0.105. The Labute approximate surface area is 153 Å². The van der Waals surface area contributed by atoms with Gasteiger partial charge in [-0.1, -0.05) is 42.1 Å². The summed E-state index contributed by atoms with van der Waals surface area (Å²) in [4.78, 5) is 18.9. The summed E-state index contributed by atoms with van der Waals surface area (Å²) in [5, 5.41) is 9.70. The van der Waals surface area contributed by atoms with Crippen molar-refractivity contribution < 1.29 is 9.13 Å². The third-order valence-electron chi connectivity index (χ3n) is 3.66. The van der Waals surface area contributed by atoms with E-state index >= 15 is 0 Å². The quantitative estimate of drug-likeness (QED) is 0.549. The lowest BCUT2D eigenvalue weighted by molar-refractivity contribution is 0.300. The van der Waals surface area contributed by atoms with Crippen molar-refractivity contribution >= 4 is 11.8 Å². The summed E-state index contributed by atoms with van der Waals surface area (Å²) in [7, 11) is 0. The summed E-state index contributed by atoms with van der Waals surface area (Å²) in [6, 6.07) is 15.1. The van der Waals surface area contributed by atoms with Crippen LogP contribution in [0.4, 0.5) is 4.39 Å². The van der Waals surface area contributed by atoms with Gasteiger partial charge in [0.25, 0.3) is 5.56 Å². The number of nitrogens with zero attached hydrogens (tertiary/aromatic N) is 2. The molecule has 1 aromatic heterocycles. The Morgan fingerprint density at radius 2 is 2.08 bits per heavy atom. The summed E-state index contributed by atoms with van der Waals surface area (Å²) in [6.07, 6.45) is 1.78. The number of hydrogen-bond donors (Lipinski definition) is 1. The van der Waals surface area contributed by atoms with E-state index in [1.807, 2.05) is 6.07 Å². The Morgan fingerprint density at radius 1 is 1.27 bits per heavy atom. The summed E-state index contributed by atoms with van der Waals surface area (Å²) in [6.45, 7) is 0.0695. The van der Waals surface area contributed by atoms with Gasteiger partial charge in [-0.25, -0.2) is 9.37 Å². The van der Waals surface area contributed by atoms with Crippen molar-refractivity contribution in [1.82, 2.24) is 9.97 Å². The Morgan fingerprint density at radius 3 is 2.81 bits per heavy atom. The fourth-order valence-corrected chi connectivity index (χ4v) is 2.75. The van der Waals surface area contributed by atoms with Crippen LogP contribution in [-0.4, -0.2) is 16.2 Å². The van der Waals surface area contributed by atoms with Crippen LogP contribution in [0.1, 0.15) is 11.1 Å². The highest BCUT2D eigenvalue weighted by Crippen LogP contribution is 2.25. The minimum atomic E-state index is -0.487. The largest absolute Gasteiger partial charge is 0.489 e. The molecule has 0 aliphatic rings. The molecule has 2 aromatic carbocycles. The Balaban J connectivity index is 1.93. The van der Waals surface area contributed by atoms with Crippen molar-refractivity contribution in [3.05, 3.63) is 75.8 Å². The smallest absolute Gasteiger partial charge is 0.270 e. The zero-order valence-electron chi connectivity index (χ0n) is 13.8. The van der Waals surface area contributed by atoms with Crippen LogP contribution in [-0.2, 0) is 6.61 Å². The number of nitrogens with one attached hydrogen (secondary N) is 1. The fourth-order valence-electron chi connectivity index (χ4n) is 2.37. The Kier molecular flexibility index (Phi) is 5.34. The number of thioether (sulfide) groups is 1. The third kappa shape index (κ3) is 3.76. The van der Waals surface area contributed by atoms with Gasteiger partial charge < -0.3 is 9.72 Å². The van der Waals surface area contributed by atoms with Crippen LogP contribution in [0.3, 0.4) is 0 Å². The standard InChI is InChI=1S/C19H14FN3O2S/c1-26-19-22-17(15(10-21)18(24)23-19)12-6-4-7-14(9-12)25-11-13-5-2-3-8-16(13)20/h2-9H,11H2,1H3,(H,22,23,24). The molecule has 0 spiro atoms. The van der Waals surface area contributed by atoms with Gasteiger partial charge in [0, 0.05) is 11.1 Å². The van der Waals surface area contributed by atoms with E-state index in [9.17, 15) is 14.4 Å². The first-order valence-electron chi connectivity index (χ1n) is 7.67. The van der Waals surface area contributed by atoms with Crippen LogP contribution in [0.25, 0.3) is 11.3 Å². The maximum atomic E-state index is 13.7. The van der Waals surface area contributed by atoms with Gasteiger partial charge in [-0.2, -0.15) is 5.26 Å². The summed E-state index contributed by atoms with van der Waals surface area (Å²) in [5.74, 6) is 0.152. The molecule has 3 aromatic rings. The number of hydrogen-bond acceptors (Lipinski definition) is 5. The van der Waals surface area contributed by atoms with E-state index in [0.29, 0.717) is 22.0 Å².